The van der Waals surface area contributed by atoms with Crippen molar-refractivity contribution < 1.29 is 5.11 Å². The lowest BCUT2D eigenvalue weighted by atomic mass is 9.95. The van der Waals surface area contributed by atoms with Gasteiger partial charge in [-0.3, -0.25) is 9.88 Å². The Balaban J connectivity index is 1.53. The Hall–Kier alpha value is -1.87. The van der Waals surface area contributed by atoms with Crippen molar-refractivity contribution in [2.45, 2.75) is 44.6 Å². The van der Waals surface area contributed by atoms with E-state index in [1.807, 2.05) is 24.4 Å². The van der Waals surface area contributed by atoms with E-state index in [0.717, 1.165) is 19.4 Å². The normalized spacial score (nSPS) is 18.9. The largest absolute Gasteiger partial charge is 0.508 e. The van der Waals surface area contributed by atoms with Crippen molar-refractivity contribution in [3.63, 3.8) is 0 Å². The van der Waals surface area contributed by atoms with E-state index >= 15 is 0 Å². The molecule has 1 aromatic carbocycles. The van der Waals surface area contributed by atoms with Crippen LogP contribution < -0.4 is 0 Å². The van der Waals surface area contributed by atoms with Crippen molar-refractivity contribution in [3.8, 4) is 5.75 Å². The molecule has 0 bridgehead atoms. The van der Waals surface area contributed by atoms with Gasteiger partial charge in [-0.1, -0.05) is 24.6 Å². The average Bonchev–Trinajstić information content (AvgIpc) is 2.60. The number of nitrogens with zero attached hydrogens (tertiary/aromatic N) is 2. The summed E-state index contributed by atoms with van der Waals surface area (Å²) in [6.45, 7) is 2.30. The van der Waals surface area contributed by atoms with Crippen LogP contribution in [0.2, 0.25) is 0 Å². The predicted octanol–water partition coefficient (Wildman–Crippen LogP) is 3.82. The van der Waals surface area contributed by atoms with Gasteiger partial charge in [0.15, 0.2) is 0 Å². The maximum absolute atomic E-state index is 9.59. The Morgan fingerprint density at radius 3 is 2.87 bits per heavy atom. The van der Waals surface area contributed by atoms with Gasteiger partial charge in [0, 0.05) is 30.9 Å². The topological polar surface area (TPSA) is 36.4 Å². The number of phenolic OH excluding ortho intramolecular Hbond substituents is 1. The van der Waals surface area contributed by atoms with E-state index in [1.165, 1.54) is 43.5 Å². The molecular weight excluding hydrogens is 284 g/mol. The quantitative estimate of drug-likeness (QED) is 0.881. The molecule has 1 fully saturated rings. The third-order valence-electron chi connectivity index (χ3n) is 4.81. The Kier molecular flexibility index (Phi) is 5.65. The fraction of sp³-hybridized carbons (Fsp3) is 0.450. The minimum atomic E-state index is 0.373. The summed E-state index contributed by atoms with van der Waals surface area (Å²) in [5.41, 5.74) is 2.42. The number of pyridine rings is 1. The summed E-state index contributed by atoms with van der Waals surface area (Å²) >= 11 is 0. The molecular formula is C20H26N2O. The zero-order valence-electron chi connectivity index (χ0n) is 13.7. The van der Waals surface area contributed by atoms with Crippen molar-refractivity contribution in [1.29, 1.82) is 0 Å². The van der Waals surface area contributed by atoms with Gasteiger partial charge in [0.1, 0.15) is 5.75 Å². The van der Waals surface area contributed by atoms with E-state index in [1.54, 1.807) is 6.07 Å². The highest BCUT2D eigenvalue weighted by Gasteiger charge is 2.21. The van der Waals surface area contributed by atoms with Crippen molar-refractivity contribution in [2.75, 3.05) is 13.1 Å². The van der Waals surface area contributed by atoms with E-state index in [-0.39, 0.29) is 0 Å². The van der Waals surface area contributed by atoms with Crippen molar-refractivity contribution in [3.05, 3.63) is 59.9 Å². The van der Waals surface area contributed by atoms with Gasteiger partial charge < -0.3 is 5.11 Å². The molecule has 122 valence electrons. The summed E-state index contributed by atoms with van der Waals surface area (Å²) in [6.07, 6.45) is 9.07. The molecule has 1 N–H and O–H groups in total. The number of piperidine rings is 1. The zero-order valence-corrected chi connectivity index (χ0v) is 13.7. The van der Waals surface area contributed by atoms with Crippen LogP contribution in [0.5, 0.6) is 5.75 Å². The number of rotatable bonds is 6. The molecule has 3 rings (SSSR count). The van der Waals surface area contributed by atoms with E-state index < -0.39 is 0 Å². The molecule has 1 saturated heterocycles. The molecule has 2 heterocycles. The molecule has 1 aromatic heterocycles. The summed E-state index contributed by atoms with van der Waals surface area (Å²) < 4.78 is 0. The molecule has 23 heavy (non-hydrogen) atoms. The first-order chi connectivity index (χ1) is 11.3. The number of aryl methyl sites for hydroxylation is 1. The van der Waals surface area contributed by atoms with Crippen LogP contribution in [-0.4, -0.2) is 34.1 Å². The Morgan fingerprint density at radius 2 is 2.04 bits per heavy atom. The van der Waals surface area contributed by atoms with Gasteiger partial charge in [0.2, 0.25) is 0 Å². The average molecular weight is 310 g/mol. The fourth-order valence-electron chi connectivity index (χ4n) is 3.53. The smallest absolute Gasteiger partial charge is 0.115 e. The van der Waals surface area contributed by atoms with Crippen molar-refractivity contribution in [2.24, 2.45) is 0 Å². The van der Waals surface area contributed by atoms with E-state index in [4.69, 9.17) is 0 Å². The van der Waals surface area contributed by atoms with Crippen LogP contribution in [0.4, 0.5) is 0 Å². The van der Waals surface area contributed by atoms with Crippen LogP contribution in [0.15, 0.2) is 48.7 Å². The number of phenols is 1. The van der Waals surface area contributed by atoms with Crippen molar-refractivity contribution in [1.82, 2.24) is 9.88 Å². The molecule has 0 saturated carbocycles. The maximum atomic E-state index is 9.59. The lowest BCUT2D eigenvalue weighted by molar-refractivity contribution is 0.142. The minimum absolute atomic E-state index is 0.373. The number of likely N-dealkylation sites (tertiary alicyclic amines) is 1. The van der Waals surface area contributed by atoms with Crippen LogP contribution in [-0.2, 0) is 12.8 Å². The summed E-state index contributed by atoms with van der Waals surface area (Å²) in [4.78, 5) is 7.08. The SMILES string of the molecule is Oc1cccc(CC[C@@H]2CCCCN2CCc2ccccn2)c1. The van der Waals surface area contributed by atoms with Gasteiger partial charge in [-0.25, -0.2) is 0 Å². The zero-order chi connectivity index (χ0) is 15.9. The summed E-state index contributed by atoms with van der Waals surface area (Å²) in [5.74, 6) is 0.373. The Labute approximate surface area is 139 Å². The van der Waals surface area contributed by atoms with Gasteiger partial charge in [0.25, 0.3) is 0 Å². The highest BCUT2D eigenvalue weighted by atomic mass is 16.3. The monoisotopic (exact) mass is 310 g/mol. The third-order valence-corrected chi connectivity index (χ3v) is 4.81. The van der Waals surface area contributed by atoms with Gasteiger partial charge in [-0.2, -0.15) is 0 Å². The summed E-state index contributed by atoms with van der Waals surface area (Å²) in [5, 5.41) is 9.59. The van der Waals surface area contributed by atoms with Crippen LogP contribution in [0.1, 0.15) is 36.9 Å². The number of benzene rings is 1. The van der Waals surface area contributed by atoms with Gasteiger partial charge in [-0.05, 0) is 62.1 Å². The van der Waals surface area contributed by atoms with Crippen LogP contribution in [0.3, 0.4) is 0 Å². The standard InChI is InChI=1S/C20H26N2O/c23-20-9-5-6-17(16-20)10-11-19-8-2-4-14-22(19)15-12-18-7-1-3-13-21-18/h1,3,5-7,9,13,16,19,23H,2,4,8,10-12,14-15H2/t19-/m0/s1. The lowest BCUT2D eigenvalue weighted by Crippen LogP contribution is -2.41. The molecule has 3 nitrogen and oxygen atoms in total. The number of aromatic hydroxyl groups is 1. The Morgan fingerprint density at radius 1 is 1.09 bits per heavy atom. The second kappa shape index (κ2) is 8.11. The van der Waals surface area contributed by atoms with Gasteiger partial charge in [-0.15, -0.1) is 0 Å². The first kappa shape index (κ1) is 16.0. The Bertz CT molecular complexity index is 600. The van der Waals surface area contributed by atoms with Crippen LogP contribution >= 0.6 is 0 Å². The molecule has 3 heteroatoms. The molecule has 0 unspecified atom stereocenters. The predicted molar refractivity (Wildman–Crippen MR) is 93.6 cm³/mol. The summed E-state index contributed by atoms with van der Waals surface area (Å²) in [7, 11) is 0. The molecule has 1 aliphatic rings. The second-order valence-electron chi connectivity index (χ2n) is 6.47. The van der Waals surface area contributed by atoms with E-state index in [9.17, 15) is 5.11 Å². The third kappa shape index (κ3) is 4.80. The number of hydrogen-bond donors (Lipinski definition) is 1. The van der Waals surface area contributed by atoms with E-state index in [0.29, 0.717) is 11.8 Å². The molecule has 0 spiro atoms. The fourth-order valence-corrected chi connectivity index (χ4v) is 3.53. The molecule has 1 atom stereocenters. The molecule has 2 aromatic rings. The number of aromatic nitrogens is 1. The summed E-state index contributed by atoms with van der Waals surface area (Å²) in [6, 6.07) is 14.5. The van der Waals surface area contributed by atoms with E-state index in [2.05, 4.69) is 28.1 Å². The maximum Gasteiger partial charge on any atom is 0.115 e. The minimum Gasteiger partial charge on any atom is -0.508 e. The molecule has 0 aliphatic carbocycles. The number of hydrogen-bond acceptors (Lipinski definition) is 3. The van der Waals surface area contributed by atoms with Crippen LogP contribution in [0.25, 0.3) is 0 Å². The lowest BCUT2D eigenvalue weighted by Gasteiger charge is -2.36. The highest BCUT2D eigenvalue weighted by molar-refractivity contribution is 5.27. The van der Waals surface area contributed by atoms with Gasteiger partial charge in [0.05, 0.1) is 0 Å². The first-order valence-electron chi connectivity index (χ1n) is 8.73. The highest BCUT2D eigenvalue weighted by Crippen LogP contribution is 2.22. The molecule has 1 aliphatic heterocycles. The van der Waals surface area contributed by atoms with Crippen molar-refractivity contribution >= 4 is 0 Å². The van der Waals surface area contributed by atoms with Crippen LogP contribution in [0, 0.1) is 0 Å². The van der Waals surface area contributed by atoms with Gasteiger partial charge >= 0.3 is 0 Å². The molecule has 0 radical (unpaired) electrons. The first-order valence-corrected chi connectivity index (χ1v) is 8.73. The molecule has 0 amide bonds. The second-order valence-corrected chi connectivity index (χ2v) is 6.47.